The molecule has 112 valence electrons. The Labute approximate surface area is 119 Å². The van der Waals surface area contributed by atoms with Crippen LogP contribution in [0.4, 0.5) is 8.78 Å². The minimum Gasteiger partial charge on any atom is -0.329 e. The summed E-state index contributed by atoms with van der Waals surface area (Å²) in [6, 6.07) is 2.98. The van der Waals surface area contributed by atoms with Gasteiger partial charge < -0.3 is 4.90 Å². The van der Waals surface area contributed by atoms with Crippen LogP contribution in [0.25, 0.3) is 0 Å². The Morgan fingerprint density at radius 3 is 2.90 bits per heavy atom. The average Bonchev–Trinajstić information content (AvgIpc) is 3.17. The number of H-pyrrole nitrogens is 1. The van der Waals surface area contributed by atoms with E-state index in [1.807, 2.05) is 0 Å². The molecule has 2 aromatic heterocycles. The van der Waals surface area contributed by atoms with Crippen LogP contribution in [-0.4, -0.2) is 37.3 Å². The molecule has 3 rings (SSSR count). The zero-order valence-electron chi connectivity index (χ0n) is 11.2. The van der Waals surface area contributed by atoms with Gasteiger partial charge in [0.2, 0.25) is 0 Å². The second-order valence-corrected chi connectivity index (χ2v) is 4.96. The Hall–Kier alpha value is -2.25. The van der Waals surface area contributed by atoms with E-state index in [9.17, 15) is 13.6 Å². The Balaban J connectivity index is 1.89. The van der Waals surface area contributed by atoms with Gasteiger partial charge in [-0.1, -0.05) is 0 Å². The molecule has 1 atom stereocenters. The summed E-state index contributed by atoms with van der Waals surface area (Å²) in [6.07, 6.45) is 5.47. The number of nitrogens with one attached hydrogen (secondary N) is 1. The molecule has 2 aromatic rings. The molecule has 1 unspecified atom stereocenters. The summed E-state index contributed by atoms with van der Waals surface area (Å²) in [4.78, 5) is 14.2. The molecule has 1 saturated heterocycles. The van der Waals surface area contributed by atoms with Crippen LogP contribution in [0.15, 0.2) is 24.5 Å². The number of rotatable bonds is 3. The summed E-state index contributed by atoms with van der Waals surface area (Å²) in [5.41, 5.74) is 0.738. The maximum absolute atomic E-state index is 12.9. The molecule has 3 heterocycles. The summed E-state index contributed by atoms with van der Waals surface area (Å²) in [7, 11) is 0. The fourth-order valence-corrected chi connectivity index (χ4v) is 2.74. The van der Waals surface area contributed by atoms with Gasteiger partial charge >= 0.3 is 6.55 Å². The van der Waals surface area contributed by atoms with E-state index in [1.54, 1.807) is 17.2 Å². The van der Waals surface area contributed by atoms with Crippen molar-refractivity contribution < 1.29 is 13.6 Å². The molecule has 21 heavy (non-hydrogen) atoms. The second-order valence-electron chi connectivity index (χ2n) is 4.96. The molecular weight excluding hydrogens is 280 g/mol. The topological polar surface area (TPSA) is 66.8 Å². The van der Waals surface area contributed by atoms with Crippen molar-refractivity contribution in [3.63, 3.8) is 0 Å². The van der Waals surface area contributed by atoms with Crippen LogP contribution in [-0.2, 0) is 0 Å². The van der Waals surface area contributed by atoms with E-state index in [-0.39, 0.29) is 11.7 Å². The summed E-state index contributed by atoms with van der Waals surface area (Å²) in [6.45, 7) is -2.29. The van der Waals surface area contributed by atoms with E-state index in [2.05, 4.69) is 15.3 Å². The monoisotopic (exact) mass is 295 g/mol. The number of aromatic nitrogens is 4. The third kappa shape index (κ3) is 2.53. The minimum atomic E-state index is -2.82. The fraction of sp³-hybridized carbons (Fsp3) is 0.462. The van der Waals surface area contributed by atoms with Crippen molar-refractivity contribution in [3.8, 4) is 0 Å². The largest absolute Gasteiger partial charge is 0.333 e. The summed E-state index contributed by atoms with van der Waals surface area (Å²) >= 11 is 0. The van der Waals surface area contributed by atoms with Crippen LogP contribution in [0.2, 0.25) is 0 Å². The zero-order chi connectivity index (χ0) is 14.8. The lowest BCUT2D eigenvalue weighted by atomic mass is 9.99. The molecule has 1 fully saturated rings. The summed E-state index contributed by atoms with van der Waals surface area (Å²) in [5, 5.41) is 10.3. The average molecular weight is 295 g/mol. The predicted octanol–water partition coefficient (Wildman–Crippen LogP) is 2.37. The fourth-order valence-electron chi connectivity index (χ4n) is 2.74. The lowest BCUT2D eigenvalue weighted by molar-refractivity contribution is 0.0409. The van der Waals surface area contributed by atoms with E-state index < -0.39 is 12.5 Å². The van der Waals surface area contributed by atoms with Crippen LogP contribution in [0.3, 0.4) is 0 Å². The van der Waals surface area contributed by atoms with Crippen LogP contribution in [0, 0.1) is 0 Å². The lowest BCUT2D eigenvalue weighted by Crippen LogP contribution is -2.39. The Kier molecular flexibility index (Phi) is 3.68. The molecule has 1 aliphatic rings. The number of hydrogen-bond donors (Lipinski definition) is 1. The third-order valence-corrected chi connectivity index (χ3v) is 3.72. The number of alkyl halides is 2. The van der Waals surface area contributed by atoms with Gasteiger partial charge in [0.1, 0.15) is 5.69 Å². The highest BCUT2D eigenvalue weighted by Gasteiger charge is 2.32. The standard InChI is InChI=1S/C13H15F2N5O/c14-13(15)20-11(5-7-17-20)12(21)19-8-2-1-3-10(19)9-4-6-16-18-9/h4-7,10,13H,1-3,8H2,(H,16,18). The van der Waals surface area contributed by atoms with E-state index in [0.29, 0.717) is 11.2 Å². The molecular formula is C13H15F2N5O. The molecule has 8 heteroatoms. The summed E-state index contributed by atoms with van der Waals surface area (Å²) < 4.78 is 26.2. The molecule has 1 aliphatic heterocycles. The first-order chi connectivity index (χ1) is 10.2. The van der Waals surface area contributed by atoms with Crippen molar-refractivity contribution in [2.24, 2.45) is 0 Å². The second kappa shape index (κ2) is 5.63. The van der Waals surface area contributed by atoms with Gasteiger partial charge in [-0.05, 0) is 31.4 Å². The molecule has 0 radical (unpaired) electrons. The SMILES string of the molecule is O=C(c1ccnn1C(F)F)N1CCCCC1c1ccn[nH]1. The number of likely N-dealkylation sites (tertiary alicyclic amines) is 1. The summed E-state index contributed by atoms with van der Waals surface area (Å²) in [5.74, 6) is -0.424. The van der Waals surface area contributed by atoms with Gasteiger partial charge in [0.05, 0.1) is 11.7 Å². The normalized spacial score (nSPS) is 19.2. The lowest BCUT2D eigenvalue weighted by Gasteiger charge is -2.35. The first-order valence-electron chi connectivity index (χ1n) is 6.80. The van der Waals surface area contributed by atoms with Crippen molar-refractivity contribution in [1.29, 1.82) is 0 Å². The maximum Gasteiger partial charge on any atom is 0.333 e. The Morgan fingerprint density at radius 2 is 2.19 bits per heavy atom. The maximum atomic E-state index is 12.9. The van der Waals surface area contributed by atoms with Crippen molar-refractivity contribution in [2.75, 3.05) is 6.54 Å². The zero-order valence-corrected chi connectivity index (χ0v) is 11.2. The van der Waals surface area contributed by atoms with E-state index in [1.165, 1.54) is 12.3 Å². The Bertz CT molecular complexity index is 610. The van der Waals surface area contributed by atoms with Crippen LogP contribution < -0.4 is 0 Å². The number of nitrogens with zero attached hydrogens (tertiary/aromatic N) is 4. The third-order valence-electron chi connectivity index (χ3n) is 3.72. The predicted molar refractivity (Wildman–Crippen MR) is 69.7 cm³/mol. The van der Waals surface area contributed by atoms with Gasteiger partial charge in [0.15, 0.2) is 0 Å². The number of amides is 1. The van der Waals surface area contributed by atoms with Gasteiger partial charge in [-0.3, -0.25) is 9.89 Å². The highest BCUT2D eigenvalue weighted by Crippen LogP contribution is 2.31. The number of aromatic amines is 1. The van der Waals surface area contributed by atoms with Gasteiger partial charge in [0.25, 0.3) is 5.91 Å². The number of halogens is 2. The van der Waals surface area contributed by atoms with Crippen LogP contribution in [0.1, 0.15) is 48.0 Å². The molecule has 1 amide bonds. The van der Waals surface area contributed by atoms with Crippen molar-refractivity contribution >= 4 is 5.91 Å². The Morgan fingerprint density at radius 1 is 1.33 bits per heavy atom. The van der Waals surface area contributed by atoms with E-state index in [0.717, 1.165) is 25.0 Å². The first kappa shape index (κ1) is 13.7. The van der Waals surface area contributed by atoms with Crippen molar-refractivity contribution in [3.05, 3.63) is 35.9 Å². The first-order valence-corrected chi connectivity index (χ1v) is 6.80. The minimum absolute atomic E-state index is 0.0867. The smallest absolute Gasteiger partial charge is 0.329 e. The molecule has 6 nitrogen and oxygen atoms in total. The van der Waals surface area contributed by atoms with Crippen LogP contribution in [0.5, 0.6) is 0 Å². The number of carbonyl (C=O) groups is 1. The van der Waals surface area contributed by atoms with Gasteiger partial charge in [-0.25, -0.2) is 0 Å². The number of hydrogen-bond acceptors (Lipinski definition) is 3. The molecule has 0 saturated carbocycles. The highest BCUT2D eigenvalue weighted by atomic mass is 19.3. The van der Waals surface area contributed by atoms with Crippen LogP contribution >= 0.6 is 0 Å². The number of piperidine rings is 1. The quantitative estimate of drug-likeness (QED) is 0.945. The van der Waals surface area contributed by atoms with Crippen molar-refractivity contribution in [2.45, 2.75) is 31.9 Å². The highest BCUT2D eigenvalue weighted by molar-refractivity contribution is 5.92. The van der Waals surface area contributed by atoms with Gasteiger partial charge in [0, 0.05) is 18.9 Å². The molecule has 0 spiro atoms. The molecule has 0 aliphatic carbocycles. The van der Waals surface area contributed by atoms with Gasteiger partial charge in [-0.15, -0.1) is 0 Å². The number of carbonyl (C=O) groups excluding carboxylic acids is 1. The van der Waals surface area contributed by atoms with Gasteiger partial charge in [-0.2, -0.15) is 23.7 Å². The van der Waals surface area contributed by atoms with E-state index >= 15 is 0 Å². The van der Waals surface area contributed by atoms with Crippen molar-refractivity contribution in [1.82, 2.24) is 24.9 Å². The molecule has 1 N–H and O–H groups in total. The molecule has 0 bridgehead atoms. The van der Waals surface area contributed by atoms with E-state index in [4.69, 9.17) is 0 Å². The molecule has 0 aromatic carbocycles.